The first kappa shape index (κ1) is 13.9. The first-order valence-electron chi connectivity index (χ1n) is 5.27. The minimum Gasteiger partial charge on any atom is -0.495 e. The second-order valence-electron chi connectivity index (χ2n) is 3.45. The van der Waals surface area contributed by atoms with Gasteiger partial charge < -0.3 is 19.3 Å². The van der Waals surface area contributed by atoms with Crippen LogP contribution in [0.25, 0.3) is 0 Å². The third kappa shape index (κ3) is 2.96. The van der Waals surface area contributed by atoms with Gasteiger partial charge in [-0.3, -0.25) is 0 Å². The number of halogens is 1. The van der Waals surface area contributed by atoms with Crippen LogP contribution in [0.5, 0.6) is 17.2 Å². The van der Waals surface area contributed by atoms with Crippen LogP contribution in [0.2, 0.25) is 5.02 Å². The predicted molar refractivity (Wildman–Crippen MR) is 66.5 cm³/mol. The number of hydrogen-bond acceptors (Lipinski definition) is 4. The van der Waals surface area contributed by atoms with Crippen molar-refractivity contribution in [2.75, 3.05) is 27.9 Å². The lowest BCUT2D eigenvalue weighted by Gasteiger charge is -2.16. The number of benzene rings is 1. The first-order valence-corrected chi connectivity index (χ1v) is 5.65. The van der Waals surface area contributed by atoms with Gasteiger partial charge in [0.2, 0.25) is 0 Å². The Morgan fingerprint density at radius 1 is 1.12 bits per heavy atom. The van der Waals surface area contributed by atoms with E-state index in [0.29, 0.717) is 35.1 Å². The van der Waals surface area contributed by atoms with Gasteiger partial charge in [-0.05, 0) is 24.5 Å². The van der Waals surface area contributed by atoms with E-state index in [1.807, 2.05) is 6.07 Å². The molecule has 1 aromatic rings. The number of hydrogen-bond donors (Lipinski definition) is 1. The summed E-state index contributed by atoms with van der Waals surface area (Å²) in [6.45, 7) is 0.120. The van der Waals surface area contributed by atoms with Crippen molar-refractivity contribution in [1.29, 1.82) is 0 Å². The molecule has 0 aliphatic rings. The Morgan fingerprint density at radius 3 is 2.24 bits per heavy atom. The number of aliphatic hydroxyl groups is 1. The zero-order chi connectivity index (χ0) is 12.8. The summed E-state index contributed by atoms with van der Waals surface area (Å²) in [6, 6.07) is 1.82. The van der Waals surface area contributed by atoms with Gasteiger partial charge >= 0.3 is 0 Å². The van der Waals surface area contributed by atoms with E-state index in [2.05, 4.69) is 0 Å². The Morgan fingerprint density at radius 2 is 1.76 bits per heavy atom. The lowest BCUT2D eigenvalue weighted by molar-refractivity contribution is 0.287. The molecule has 0 atom stereocenters. The molecule has 1 rings (SSSR count). The third-order valence-electron chi connectivity index (χ3n) is 2.45. The molecular formula is C12H17ClO4. The number of aryl methyl sites for hydroxylation is 1. The van der Waals surface area contributed by atoms with Crippen molar-refractivity contribution in [3.05, 3.63) is 16.7 Å². The van der Waals surface area contributed by atoms with Gasteiger partial charge in [-0.1, -0.05) is 11.6 Å². The summed E-state index contributed by atoms with van der Waals surface area (Å²) >= 11 is 6.18. The molecule has 0 aliphatic heterocycles. The normalized spacial score (nSPS) is 10.2. The molecule has 0 saturated carbocycles. The molecule has 4 nitrogen and oxygen atoms in total. The molecular weight excluding hydrogens is 244 g/mol. The van der Waals surface area contributed by atoms with Crippen LogP contribution in [-0.2, 0) is 6.42 Å². The van der Waals surface area contributed by atoms with Crippen molar-refractivity contribution in [1.82, 2.24) is 0 Å². The van der Waals surface area contributed by atoms with Gasteiger partial charge in [0.05, 0.1) is 21.3 Å². The molecule has 0 saturated heterocycles. The summed E-state index contributed by atoms with van der Waals surface area (Å²) in [5.41, 5.74) is 0.893. The Kier molecular flexibility index (Phi) is 5.38. The number of rotatable bonds is 6. The Balaban J connectivity index is 3.24. The maximum absolute atomic E-state index is 8.86. The molecule has 1 aromatic carbocycles. The summed E-state index contributed by atoms with van der Waals surface area (Å²) in [5.74, 6) is 1.59. The summed E-state index contributed by atoms with van der Waals surface area (Å²) < 4.78 is 15.7. The third-order valence-corrected chi connectivity index (χ3v) is 2.80. The highest BCUT2D eigenvalue weighted by Gasteiger charge is 2.18. The summed E-state index contributed by atoms with van der Waals surface area (Å²) in [7, 11) is 4.63. The average molecular weight is 261 g/mol. The van der Waals surface area contributed by atoms with E-state index in [-0.39, 0.29) is 6.61 Å². The molecule has 5 heteroatoms. The van der Waals surface area contributed by atoms with Crippen LogP contribution < -0.4 is 14.2 Å². The Bertz CT molecular complexity index is 379. The van der Waals surface area contributed by atoms with Gasteiger partial charge in [0, 0.05) is 6.61 Å². The van der Waals surface area contributed by atoms with Crippen molar-refractivity contribution < 1.29 is 19.3 Å². The van der Waals surface area contributed by atoms with Gasteiger partial charge in [-0.15, -0.1) is 0 Å². The van der Waals surface area contributed by atoms with Crippen molar-refractivity contribution in [2.24, 2.45) is 0 Å². The molecule has 0 amide bonds. The SMILES string of the molecule is COc1cc(CCCO)c(OC)c(Cl)c1OC. The fourth-order valence-electron chi connectivity index (χ4n) is 1.66. The van der Waals surface area contributed by atoms with E-state index >= 15 is 0 Å². The maximum Gasteiger partial charge on any atom is 0.183 e. The van der Waals surface area contributed by atoms with Crippen molar-refractivity contribution in [3.8, 4) is 17.2 Å². The minimum absolute atomic E-state index is 0.120. The van der Waals surface area contributed by atoms with Crippen LogP contribution in [0, 0.1) is 0 Å². The van der Waals surface area contributed by atoms with Crippen molar-refractivity contribution in [3.63, 3.8) is 0 Å². The molecule has 0 aliphatic carbocycles. The Labute approximate surface area is 106 Å². The molecule has 1 N–H and O–H groups in total. The minimum atomic E-state index is 0.120. The fraction of sp³-hybridized carbons (Fsp3) is 0.500. The van der Waals surface area contributed by atoms with Crippen LogP contribution in [0.1, 0.15) is 12.0 Å². The quantitative estimate of drug-likeness (QED) is 0.853. The van der Waals surface area contributed by atoms with Crippen LogP contribution in [0.15, 0.2) is 6.07 Å². The highest BCUT2D eigenvalue weighted by atomic mass is 35.5. The van der Waals surface area contributed by atoms with Gasteiger partial charge in [0.25, 0.3) is 0 Å². The van der Waals surface area contributed by atoms with E-state index in [1.165, 1.54) is 7.11 Å². The highest BCUT2D eigenvalue weighted by molar-refractivity contribution is 6.34. The van der Waals surface area contributed by atoms with Gasteiger partial charge in [0.15, 0.2) is 11.5 Å². The van der Waals surface area contributed by atoms with Crippen molar-refractivity contribution in [2.45, 2.75) is 12.8 Å². The zero-order valence-corrected chi connectivity index (χ0v) is 11.0. The number of aliphatic hydroxyl groups excluding tert-OH is 1. The van der Waals surface area contributed by atoms with Crippen LogP contribution in [-0.4, -0.2) is 33.0 Å². The molecule has 0 aromatic heterocycles. The fourth-order valence-corrected chi connectivity index (χ4v) is 2.03. The molecule has 0 fully saturated rings. The van der Waals surface area contributed by atoms with E-state index in [1.54, 1.807) is 14.2 Å². The van der Waals surface area contributed by atoms with Gasteiger partial charge in [-0.25, -0.2) is 0 Å². The predicted octanol–water partition coefficient (Wildman–Crippen LogP) is 2.29. The maximum atomic E-state index is 8.86. The summed E-state index contributed by atoms with van der Waals surface area (Å²) in [6.07, 6.45) is 1.31. The second-order valence-corrected chi connectivity index (χ2v) is 3.82. The van der Waals surface area contributed by atoms with E-state index in [4.69, 9.17) is 30.9 Å². The second kappa shape index (κ2) is 6.57. The smallest absolute Gasteiger partial charge is 0.183 e. The highest BCUT2D eigenvalue weighted by Crippen LogP contribution is 2.44. The molecule has 0 spiro atoms. The van der Waals surface area contributed by atoms with Gasteiger partial charge in [-0.2, -0.15) is 0 Å². The van der Waals surface area contributed by atoms with Crippen LogP contribution in [0.4, 0.5) is 0 Å². The molecule has 0 bridgehead atoms. The molecule has 0 unspecified atom stereocenters. The molecule has 0 radical (unpaired) electrons. The van der Waals surface area contributed by atoms with E-state index < -0.39 is 0 Å². The number of methoxy groups -OCH3 is 3. The van der Waals surface area contributed by atoms with Crippen LogP contribution >= 0.6 is 11.6 Å². The Hall–Kier alpha value is -1.13. The lowest BCUT2D eigenvalue weighted by atomic mass is 10.1. The average Bonchev–Trinajstić information content (AvgIpc) is 2.35. The summed E-state index contributed by atoms with van der Waals surface area (Å²) in [5, 5.41) is 9.25. The van der Waals surface area contributed by atoms with Gasteiger partial charge in [0.1, 0.15) is 10.8 Å². The molecule has 17 heavy (non-hydrogen) atoms. The van der Waals surface area contributed by atoms with E-state index in [0.717, 1.165) is 5.56 Å². The first-order chi connectivity index (χ1) is 8.19. The standard InChI is InChI=1S/C12H17ClO4/c1-15-9-7-8(5-4-6-14)11(16-2)10(13)12(9)17-3/h7,14H,4-6H2,1-3H3. The van der Waals surface area contributed by atoms with Crippen LogP contribution in [0.3, 0.4) is 0 Å². The van der Waals surface area contributed by atoms with Crippen molar-refractivity contribution >= 4 is 11.6 Å². The molecule has 0 heterocycles. The monoisotopic (exact) mass is 260 g/mol. The largest absolute Gasteiger partial charge is 0.495 e. The molecule has 96 valence electrons. The topological polar surface area (TPSA) is 47.9 Å². The van der Waals surface area contributed by atoms with E-state index in [9.17, 15) is 0 Å². The number of ether oxygens (including phenoxy) is 3. The lowest BCUT2D eigenvalue weighted by Crippen LogP contribution is -2.00. The summed E-state index contributed by atoms with van der Waals surface area (Å²) in [4.78, 5) is 0. The zero-order valence-electron chi connectivity index (χ0n) is 10.2.